The minimum Gasteiger partial charge on any atom is -0.495 e. The molecule has 6 nitrogen and oxygen atoms in total. The van der Waals surface area contributed by atoms with Gasteiger partial charge in [0.05, 0.1) is 19.5 Å². The normalized spacial score (nSPS) is 23.1. The van der Waals surface area contributed by atoms with E-state index in [1.54, 1.807) is 13.3 Å². The van der Waals surface area contributed by atoms with Gasteiger partial charge in [-0.15, -0.1) is 0 Å². The van der Waals surface area contributed by atoms with Crippen LogP contribution in [0, 0.1) is 5.92 Å². The van der Waals surface area contributed by atoms with Gasteiger partial charge in [-0.3, -0.25) is 14.9 Å². The maximum atomic E-state index is 12.9. The lowest BCUT2D eigenvalue weighted by atomic mass is 9.87. The average molecular weight is 326 g/mol. The van der Waals surface area contributed by atoms with Crippen molar-refractivity contribution in [3.63, 3.8) is 0 Å². The lowest BCUT2D eigenvalue weighted by molar-refractivity contribution is -0.134. The molecule has 6 heteroatoms. The Balaban J connectivity index is 1.42. The predicted molar refractivity (Wildman–Crippen MR) is 88.8 cm³/mol. The van der Waals surface area contributed by atoms with Crippen molar-refractivity contribution in [2.45, 2.75) is 31.6 Å². The molecule has 0 spiro atoms. The molecule has 126 valence electrons. The molecule has 1 amide bonds. The van der Waals surface area contributed by atoms with Crippen LogP contribution in [0.15, 0.2) is 24.7 Å². The Bertz CT molecular complexity index is 742. The highest BCUT2D eigenvalue weighted by Gasteiger charge is 2.33. The second kappa shape index (κ2) is 6.26. The maximum absolute atomic E-state index is 12.9. The summed E-state index contributed by atoms with van der Waals surface area (Å²) in [5, 5.41) is 7.13. The molecule has 2 aromatic heterocycles. The molecule has 0 bridgehead atoms. The number of H-pyrrole nitrogens is 1. The summed E-state index contributed by atoms with van der Waals surface area (Å²) in [6.45, 7) is 1.61. The van der Waals surface area contributed by atoms with Crippen LogP contribution in [0.25, 0.3) is 0 Å². The molecule has 1 aliphatic carbocycles. The second-order valence-electron chi connectivity index (χ2n) is 6.74. The number of fused-ring (bicyclic) bond motifs is 1. The van der Waals surface area contributed by atoms with E-state index in [0.717, 1.165) is 50.1 Å². The van der Waals surface area contributed by atoms with Gasteiger partial charge in [0.25, 0.3) is 0 Å². The van der Waals surface area contributed by atoms with Gasteiger partial charge in [-0.05, 0) is 42.9 Å². The molecule has 1 saturated heterocycles. The molecule has 2 unspecified atom stereocenters. The van der Waals surface area contributed by atoms with E-state index in [2.05, 4.69) is 15.2 Å². The zero-order valence-electron chi connectivity index (χ0n) is 13.9. The van der Waals surface area contributed by atoms with Gasteiger partial charge >= 0.3 is 0 Å². The first-order chi connectivity index (χ1) is 11.7. The number of nitrogens with zero attached hydrogens (tertiary/aromatic N) is 3. The van der Waals surface area contributed by atoms with Crippen molar-refractivity contribution in [1.29, 1.82) is 0 Å². The number of methoxy groups -OCH3 is 1. The third kappa shape index (κ3) is 2.77. The summed E-state index contributed by atoms with van der Waals surface area (Å²) in [6, 6.07) is 2.03. The summed E-state index contributed by atoms with van der Waals surface area (Å²) in [5.74, 6) is 1.51. The quantitative estimate of drug-likeness (QED) is 0.935. The van der Waals surface area contributed by atoms with E-state index in [1.165, 1.54) is 11.3 Å². The van der Waals surface area contributed by atoms with E-state index in [9.17, 15) is 4.79 Å². The van der Waals surface area contributed by atoms with Crippen molar-refractivity contribution in [3.05, 3.63) is 41.5 Å². The molecule has 1 aliphatic heterocycles. The maximum Gasteiger partial charge on any atom is 0.226 e. The first-order valence-electron chi connectivity index (χ1n) is 8.53. The lowest BCUT2D eigenvalue weighted by Crippen LogP contribution is -2.36. The van der Waals surface area contributed by atoms with Gasteiger partial charge in [0.2, 0.25) is 5.91 Å². The Kier molecular flexibility index (Phi) is 3.96. The van der Waals surface area contributed by atoms with Gasteiger partial charge in [-0.1, -0.05) is 0 Å². The number of hydrogen-bond acceptors (Lipinski definition) is 4. The number of carbonyl (C=O) groups excluding carboxylic acids is 1. The predicted octanol–water partition coefficient (Wildman–Crippen LogP) is 1.93. The number of amides is 1. The number of rotatable bonds is 3. The zero-order chi connectivity index (χ0) is 16.5. The standard InChI is InChI=1S/C18H22N4O2/c1-24-16-7-14(8-19-10-16)13-4-5-22(11-13)18(23)12-2-3-17-15(6-12)9-20-21-17/h7-10,12-13H,2-6,11H2,1H3,(H,20,21). The number of ether oxygens (including phenoxy) is 1. The fourth-order valence-electron chi connectivity index (χ4n) is 3.89. The highest BCUT2D eigenvalue weighted by molar-refractivity contribution is 5.80. The van der Waals surface area contributed by atoms with Crippen LogP contribution in [0.2, 0.25) is 0 Å². The molecule has 1 fully saturated rings. The molecule has 24 heavy (non-hydrogen) atoms. The second-order valence-corrected chi connectivity index (χ2v) is 6.74. The Labute approximate surface area is 141 Å². The molecule has 0 radical (unpaired) electrons. The number of carbonyl (C=O) groups is 1. The summed E-state index contributed by atoms with van der Waals surface area (Å²) < 4.78 is 5.26. The van der Waals surface area contributed by atoms with Gasteiger partial charge in [0, 0.05) is 36.8 Å². The molecule has 4 rings (SSSR count). The molecule has 1 N–H and O–H groups in total. The van der Waals surface area contributed by atoms with Gasteiger partial charge < -0.3 is 9.64 Å². The number of aromatic nitrogens is 3. The Morgan fingerprint density at radius 3 is 3.12 bits per heavy atom. The van der Waals surface area contributed by atoms with E-state index < -0.39 is 0 Å². The van der Waals surface area contributed by atoms with E-state index in [-0.39, 0.29) is 5.92 Å². The van der Waals surface area contributed by atoms with E-state index in [1.807, 2.05) is 23.4 Å². The van der Waals surface area contributed by atoms with Crippen LogP contribution in [0.4, 0.5) is 0 Å². The summed E-state index contributed by atoms with van der Waals surface area (Å²) >= 11 is 0. The molecule has 3 heterocycles. The van der Waals surface area contributed by atoms with Crippen molar-refractivity contribution in [3.8, 4) is 5.75 Å². The first kappa shape index (κ1) is 15.2. The monoisotopic (exact) mass is 326 g/mol. The zero-order valence-corrected chi connectivity index (χ0v) is 13.9. The third-order valence-electron chi connectivity index (χ3n) is 5.31. The fourth-order valence-corrected chi connectivity index (χ4v) is 3.89. The molecule has 2 atom stereocenters. The number of nitrogens with one attached hydrogen (secondary N) is 1. The molecule has 2 aromatic rings. The van der Waals surface area contributed by atoms with Gasteiger partial charge in [0.1, 0.15) is 5.75 Å². The summed E-state index contributed by atoms with van der Waals surface area (Å²) in [5.41, 5.74) is 3.55. The van der Waals surface area contributed by atoms with E-state index >= 15 is 0 Å². The van der Waals surface area contributed by atoms with Gasteiger partial charge in [0.15, 0.2) is 0 Å². The highest BCUT2D eigenvalue weighted by atomic mass is 16.5. The van der Waals surface area contributed by atoms with Crippen molar-refractivity contribution in [2.75, 3.05) is 20.2 Å². The number of pyridine rings is 1. The molecule has 2 aliphatic rings. The lowest BCUT2D eigenvalue weighted by Gasteiger charge is -2.26. The number of likely N-dealkylation sites (tertiary alicyclic amines) is 1. The SMILES string of the molecule is COc1cncc(C2CCN(C(=O)C3CCc4[nH]ncc4C3)C2)c1. The molecular formula is C18H22N4O2. The van der Waals surface area contributed by atoms with Crippen molar-refractivity contribution < 1.29 is 9.53 Å². The van der Waals surface area contributed by atoms with Crippen LogP contribution >= 0.6 is 0 Å². The van der Waals surface area contributed by atoms with Crippen LogP contribution in [0.1, 0.15) is 35.6 Å². The van der Waals surface area contributed by atoms with Crippen LogP contribution in [0.5, 0.6) is 5.75 Å². The van der Waals surface area contributed by atoms with Crippen molar-refractivity contribution in [1.82, 2.24) is 20.1 Å². The third-order valence-corrected chi connectivity index (χ3v) is 5.31. The fraction of sp³-hybridized carbons (Fsp3) is 0.500. The number of hydrogen-bond donors (Lipinski definition) is 1. The topological polar surface area (TPSA) is 71.1 Å². The molecular weight excluding hydrogens is 304 g/mol. The van der Waals surface area contributed by atoms with Gasteiger partial charge in [-0.2, -0.15) is 5.10 Å². The molecule has 0 saturated carbocycles. The Hall–Kier alpha value is -2.37. The van der Waals surface area contributed by atoms with Crippen LogP contribution in [0.3, 0.4) is 0 Å². The smallest absolute Gasteiger partial charge is 0.226 e. The largest absolute Gasteiger partial charge is 0.495 e. The van der Waals surface area contributed by atoms with Crippen LogP contribution in [-0.2, 0) is 17.6 Å². The summed E-state index contributed by atoms with van der Waals surface area (Å²) in [4.78, 5) is 19.2. The summed E-state index contributed by atoms with van der Waals surface area (Å²) in [6.07, 6.45) is 9.10. The van der Waals surface area contributed by atoms with Crippen LogP contribution < -0.4 is 4.74 Å². The Morgan fingerprint density at radius 2 is 2.25 bits per heavy atom. The molecule has 0 aromatic carbocycles. The van der Waals surface area contributed by atoms with Crippen LogP contribution in [-0.4, -0.2) is 46.2 Å². The van der Waals surface area contributed by atoms with Crippen molar-refractivity contribution >= 4 is 5.91 Å². The summed E-state index contributed by atoms with van der Waals surface area (Å²) in [7, 11) is 1.65. The minimum absolute atomic E-state index is 0.0947. The van der Waals surface area contributed by atoms with E-state index in [0.29, 0.717) is 11.8 Å². The van der Waals surface area contributed by atoms with E-state index in [4.69, 9.17) is 4.74 Å². The highest BCUT2D eigenvalue weighted by Crippen LogP contribution is 2.32. The van der Waals surface area contributed by atoms with Gasteiger partial charge in [-0.25, -0.2) is 0 Å². The minimum atomic E-state index is 0.0947. The number of aryl methyl sites for hydroxylation is 1. The average Bonchev–Trinajstić information content (AvgIpc) is 3.29. The first-order valence-corrected chi connectivity index (χ1v) is 8.53. The Morgan fingerprint density at radius 1 is 1.33 bits per heavy atom. The number of aromatic amines is 1. The van der Waals surface area contributed by atoms with Crippen molar-refractivity contribution in [2.24, 2.45) is 5.92 Å².